The van der Waals surface area contributed by atoms with Gasteiger partial charge in [0.1, 0.15) is 0 Å². The molecule has 0 spiro atoms. The molecule has 0 aliphatic rings. The molecule has 0 saturated heterocycles. The number of halogens is 2. The van der Waals surface area contributed by atoms with Gasteiger partial charge in [-0.3, -0.25) is 0 Å². The number of nitrogens with zero attached hydrogens (tertiary/aromatic N) is 3. The van der Waals surface area contributed by atoms with E-state index in [2.05, 4.69) is 15.5 Å². The van der Waals surface area contributed by atoms with E-state index in [1.54, 1.807) is 18.2 Å². The van der Waals surface area contributed by atoms with Crippen molar-refractivity contribution in [1.82, 2.24) is 0 Å². The summed E-state index contributed by atoms with van der Waals surface area (Å²) in [5, 5.41) is 10.7. The van der Waals surface area contributed by atoms with Crippen molar-refractivity contribution >= 4 is 29.4 Å². The fourth-order valence-electron chi connectivity index (χ4n) is 0.747. The highest BCUT2D eigenvalue weighted by atomic mass is 35.5. The van der Waals surface area contributed by atoms with E-state index in [9.17, 15) is 0 Å². The Morgan fingerprint density at radius 3 is 2.38 bits per heavy atom. The highest BCUT2D eigenvalue weighted by molar-refractivity contribution is 6.38. The average molecular weight is 217 g/mol. The largest absolute Gasteiger partial charge is 0.303 e. The summed E-state index contributed by atoms with van der Waals surface area (Å²) in [5.74, 6) is 4.75. The van der Waals surface area contributed by atoms with E-state index < -0.39 is 0 Å². The van der Waals surface area contributed by atoms with Crippen LogP contribution in [0.5, 0.6) is 0 Å². The van der Waals surface area contributed by atoms with Crippen LogP contribution < -0.4 is 5.84 Å². The smallest absolute Gasteiger partial charge is 0.0616 e. The first-order valence-corrected chi connectivity index (χ1v) is 4.08. The van der Waals surface area contributed by atoms with Crippen LogP contribution in [0.3, 0.4) is 0 Å². The SMILES string of the molecule is NN=NN=Cc1c(Cl)cccc1Cl. The second-order valence-corrected chi connectivity index (χ2v) is 2.90. The summed E-state index contributed by atoms with van der Waals surface area (Å²) in [4.78, 5) is 0. The molecule has 1 aromatic rings. The normalized spacial score (nSPS) is 11.5. The molecule has 6 heteroatoms. The van der Waals surface area contributed by atoms with E-state index in [-0.39, 0.29) is 0 Å². The van der Waals surface area contributed by atoms with Crippen LogP contribution in [-0.2, 0) is 0 Å². The minimum Gasteiger partial charge on any atom is -0.303 e. The molecule has 0 atom stereocenters. The third-order valence-electron chi connectivity index (χ3n) is 1.29. The molecule has 0 amide bonds. The van der Waals surface area contributed by atoms with Crippen molar-refractivity contribution in [2.24, 2.45) is 21.4 Å². The van der Waals surface area contributed by atoms with Crippen LogP contribution >= 0.6 is 23.2 Å². The topological polar surface area (TPSA) is 63.1 Å². The third-order valence-corrected chi connectivity index (χ3v) is 1.95. The maximum atomic E-state index is 5.83. The lowest BCUT2D eigenvalue weighted by molar-refractivity contribution is 0.961. The third kappa shape index (κ3) is 2.68. The molecule has 1 rings (SSSR count). The van der Waals surface area contributed by atoms with Crippen LogP contribution in [0.4, 0.5) is 0 Å². The van der Waals surface area contributed by atoms with Gasteiger partial charge in [-0.25, -0.2) is 0 Å². The summed E-state index contributed by atoms with van der Waals surface area (Å²) in [6.07, 6.45) is 1.39. The average Bonchev–Trinajstić information content (AvgIpc) is 2.10. The molecule has 2 N–H and O–H groups in total. The van der Waals surface area contributed by atoms with Crippen LogP contribution in [0, 0.1) is 0 Å². The van der Waals surface area contributed by atoms with Gasteiger partial charge in [0, 0.05) is 5.56 Å². The molecule has 0 fully saturated rings. The number of hydrogen-bond acceptors (Lipinski definition) is 2. The van der Waals surface area contributed by atoms with Crippen molar-refractivity contribution in [3.8, 4) is 0 Å². The lowest BCUT2D eigenvalue weighted by Gasteiger charge is -1.97. The predicted octanol–water partition coefficient (Wildman–Crippen LogP) is 2.65. The van der Waals surface area contributed by atoms with Gasteiger partial charge in [-0.05, 0) is 17.4 Å². The first kappa shape index (κ1) is 9.95. The van der Waals surface area contributed by atoms with Crippen molar-refractivity contribution < 1.29 is 0 Å². The van der Waals surface area contributed by atoms with Gasteiger partial charge in [-0.1, -0.05) is 34.5 Å². The van der Waals surface area contributed by atoms with Gasteiger partial charge in [-0.15, -0.1) is 5.10 Å². The molecule has 0 radical (unpaired) electrons. The highest BCUT2D eigenvalue weighted by Crippen LogP contribution is 2.22. The summed E-state index contributed by atoms with van der Waals surface area (Å²) in [5.41, 5.74) is 0.596. The van der Waals surface area contributed by atoms with Crippen LogP contribution in [0.1, 0.15) is 5.56 Å². The Bertz CT molecular complexity index is 328. The van der Waals surface area contributed by atoms with E-state index in [4.69, 9.17) is 29.0 Å². The highest BCUT2D eigenvalue weighted by Gasteiger charge is 2.00. The first-order valence-electron chi connectivity index (χ1n) is 3.33. The van der Waals surface area contributed by atoms with Gasteiger partial charge in [0.25, 0.3) is 0 Å². The zero-order chi connectivity index (χ0) is 9.68. The van der Waals surface area contributed by atoms with E-state index in [0.717, 1.165) is 0 Å². The Morgan fingerprint density at radius 2 is 1.85 bits per heavy atom. The predicted molar refractivity (Wildman–Crippen MR) is 53.1 cm³/mol. The summed E-state index contributed by atoms with van der Waals surface area (Å²) in [6, 6.07) is 5.15. The summed E-state index contributed by atoms with van der Waals surface area (Å²) >= 11 is 11.7. The number of hydrogen-bond donors (Lipinski definition) is 1. The molecule has 13 heavy (non-hydrogen) atoms. The second kappa shape index (κ2) is 4.79. The fourth-order valence-corrected chi connectivity index (χ4v) is 1.24. The molecule has 0 unspecified atom stereocenters. The van der Waals surface area contributed by atoms with E-state index in [1.165, 1.54) is 6.21 Å². The Hall–Kier alpha value is -1.13. The van der Waals surface area contributed by atoms with Crippen LogP contribution in [-0.4, -0.2) is 6.21 Å². The maximum absolute atomic E-state index is 5.83. The maximum Gasteiger partial charge on any atom is 0.0616 e. The standard InChI is InChI=1S/C7H6Cl2N4/c8-6-2-1-3-7(9)5(6)4-11-13-12-10/h1-4H,(H2,10,13). The van der Waals surface area contributed by atoms with E-state index in [0.29, 0.717) is 15.6 Å². The Kier molecular flexibility index (Phi) is 3.67. The van der Waals surface area contributed by atoms with Gasteiger partial charge in [-0.2, -0.15) is 0 Å². The monoisotopic (exact) mass is 216 g/mol. The minimum atomic E-state index is 0.503. The van der Waals surface area contributed by atoms with Crippen molar-refractivity contribution in [2.45, 2.75) is 0 Å². The van der Waals surface area contributed by atoms with Gasteiger partial charge < -0.3 is 5.84 Å². The lowest BCUT2D eigenvalue weighted by Crippen LogP contribution is -1.84. The zero-order valence-electron chi connectivity index (χ0n) is 6.48. The van der Waals surface area contributed by atoms with E-state index in [1.807, 2.05) is 0 Å². The quantitative estimate of drug-likeness (QED) is 0.352. The van der Waals surface area contributed by atoms with E-state index >= 15 is 0 Å². The molecule has 0 aliphatic carbocycles. The number of nitrogens with two attached hydrogens (primary N) is 1. The minimum absolute atomic E-state index is 0.503. The van der Waals surface area contributed by atoms with Gasteiger partial charge >= 0.3 is 0 Å². The van der Waals surface area contributed by atoms with Crippen molar-refractivity contribution in [2.75, 3.05) is 0 Å². The van der Waals surface area contributed by atoms with Crippen molar-refractivity contribution in [3.05, 3.63) is 33.8 Å². The molecule has 0 aromatic heterocycles. The van der Waals surface area contributed by atoms with Gasteiger partial charge in [0.05, 0.1) is 16.3 Å². The molecular weight excluding hydrogens is 211 g/mol. The molecule has 4 nitrogen and oxygen atoms in total. The van der Waals surface area contributed by atoms with Crippen LogP contribution in [0.2, 0.25) is 10.0 Å². The molecule has 0 saturated carbocycles. The Morgan fingerprint density at radius 1 is 1.23 bits per heavy atom. The molecule has 1 aromatic carbocycles. The molecule has 0 heterocycles. The first-order chi connectivity index (χ1) is 6.25. The molecule has 68 valence electrons. The fraction of sp³-hybridized carbons (Fsp3) is 0. The Labute approximate surface area is 85.0 Å². The summed E-state index contributed by atoms with van der Waals surface area (Å²) in [6.45, 7) is 0. The summed E-state index contributed by atoms with van der Waals surface area (Å²) in [7, 11) is 0. The lowest BCUT2D eigenvalue weighted by atomic mass is 10.2. The molecular formula is C7H6Cl2N4. The number of benzene rings is 1. The van der Waals surface area contributed by atoms with Gasteiger partial charge in [0.2, 0.25) is 0 Å². The Balaban J connectivity index is 2.99. The van der Waals surface area contributed by atoms with Crippen molar-refractivity contribution in [3.63, 3.8) is 0 Å². The molecule has 0 aliphatic heterocycles. The summed E-state index contributed by atoms with van der Waals surface area (Å²) < 4.78 is 0. The molecule has 0 bridgehead atoms. The van der Waals surface area contributed by atoms with Crippen LogP contribution in [0.25, 0.3) is 0 Å². The second-order valence-electron chi connectivity index (χ2n) is 2.08. The number of rotatable bonds is 2. The zero-order valence-corrected chi connectivity index (χ0v) is 8.00. The van der Waals surface area contributed by atoms with Crippen LogP contribution in [0.15, 0.2) is 33.7 Å². The van der Waals surface area contributed by atoms with Crippen molar-refractivity contribution in [1.29, 1.82) is 0 Å². The van der Waals surface area contributed by atoms with Gasteiger partial charge in [0.15, 0.2) is 0 Å².